The predicted molar refractivity (Wildman–Crippen MR) is 84.2 cm³/mol. The minimum atomic E-state index is -0.388. The second kappa shape index (κ2) is 5.60. The molecule has 0 saturated heterocycles. The smallest absolute Gasteiger partial charge is 0.337 e. The minimum absolute atomic E-state index is 0.357. The molecule has 0 unspecified atom stereocenters. The number of hydrogen-bond acceptors (Lipinski definition) is 5. The molecule has 3 aromatic rings. The third-order valence-corrected chi connectivity index (χ3v) is 4.33. The fourth-order valence-electron chi connectivity index (χ4n) is 1.86. The van der Waals surface area contributed by atoms with Gasteiger partial charge in [-0.05, 0) is 18.2 Å². The second-order valence-electron chi connectivity index (χ2n) is 4.18. The Bertz CT molecular complexity index is 831. The zero-order valence-electron chi connectivity index (χ0n) is 10.8. The maximum Gasteiger partial charge on any atom is 0.337 e. The van der Waals surface area contributed by atoms with Gasteiger partial charge in [0.15, 0.2) is 5.82 Å². The van der Waals surface area contributed by atoms with E-state index in [4.69, 9.17) is 23.2 Å². The van der Waals surface area contributed by atoms with Gasteiger partial charge in [0.25, 0.3) is 0 Å². The van der Waals surface area contributed by atoms with E-state index in [9.17, 15) is 4.79 Å². The topological polar surface area (TPSA) is 52.1 Å². The summed E-state index contributed by atoms with van der Waals surface area (Å²) in [4.78, 5) is 20.8. The van der Waals surface area contributed by atoms with Crippen molar-refractivity contribution < 1.29 is 9.53 Å². The van der Waals surface area contributed by atoms with Crippen molar-refractivity contribution in [1.82, 2.24) is 9.97 Å². The summed E-state index contributed by atoms with van der Waals surface area (Å²) in [6.07, 6.45) is 0. The SMILES string of the molecule is COC(=O)c1ccc(-c2nc(Cl)c3cc(Cl)sc3n2)cc1. The highest BCUT2D eigenvalue weighted by Gasteiger charge is 2.12. The Morgan fingerprint density at radius 1 is 1.19 bits per heavy atom. The number of ether oxygens (including phenoxy) is 1. The van der Waals surface area contributed by atoms with Crippen LogP contribution in [0.5, 0.6) is 0 Å². The molecular weight excluding hydrogens is 331 g/mol. The first-order chi connectivity index (χ1) is 10.1. The fraction of sp³-hybridized carbons (Fsp3) is 0.0714. The lowest BCUT2D eigenvalue weighted by Gasteiger charge is -2.03. The Balaban J connectivity index is 2.05. The van der Waals surface area contributed by atoms with Crippen LogP contribution in [0.15, 0.2) is 30.3 Å². The van der Waals surface area contributed by atoms with Gasteiger partial charge >= 0.3 is 5.97 Å². The normalized spacial score (nSPS) is 10.8. The third kappa shape index (κ3) is 2.72. The molecule has 0 N–H and O–H groups in total. The summed E-state index contributed by atoms with van der Waals surface area (Å²) >= 11 is 13.5. The van der Waals surface area contributed by atoms with Crippen LogP contribution >= 0.6 is 34.5 Å². The van der Waals surface area contributed by atoms with Gasteiger partial charge in [0.2, 0.25) is 0 Å². The van der Waals surface area contributed by atoms with Crippen LogP contribution in [-0.4, -0.2) is 23.0 Å². The van der Waals surface area contributed by atoms with Gasteiger partial charge in [-0.15, -0.1) is 11.3 Å². The lowest BCUT2D eigenvalue weighted by molar-refractivity contribution is 0.0601. The van der Waals surface area contributed by atoms with E-state index >= 15 is 0 Å². The Kier molecular flexibility index (Phi) is 3.80. The Morgan fingerprint density at radius 2 is 1.90 bits per heavy atom. The summed E-state index contributed by atoms with van der Waals surface area (Å²) in [5.41, 5.74) is 1.23. The summed E-state index contributed by atoms with van der Waals surface area (Å²) in [7, 11) is 1.34. The van der Waals surface area contributed by atoms with E-state index in [-0.39, 0.29) is 5.97 Å². The van der Waals surface area contributed by atoms with E-state index in [0.717, 1.165) is 15.8 Å². The quantitative estimate of drug-likeness (QED) is 0.511. The van der Waals surface area contributed by atoms with E-state index in [0.29, 0.717) is 20.9 Å². The number of carbonyl (C=O) groups excluding carboxylic acids is 1. The van der Waals surface area contributed by atoms with Crippen molar-refractivity contribution >= 4 is 50.7 Å². The fourth-order valence-corrected chi connectivity index (χ4v) is 3.23. The zero-order chi connectivity index (χ0) is 15.0. The van der Waals surface area contributed by atoms with Crippen LogP contribution in [0.2, 0.25) is 9.49 Å². The van der Waals surface area contributed by atoms with Gasteiger partial charge in [-0.25, -0.2) is 14.8 Å². The first-order valence-electron chi connectivity index (χ1n) is 5.90. The highest BCUT2D eigenvalue weighted by Crippen LogP contribution is 2.33. The van der Waals surface area contributed by atoms with E-state index in [1.165, 1.54) is 18.4 Å². The van der Waals surface area contributed by atoms with Crippen LogP contribution in [-0.2, 0) is 4.74 Å². The van der Waals surface area contributed by atoms with Crippen LogP contribution in [0.3, 0.4) is 0 Å². The number of aromatic nitrogens is 2. The molecule has 0 aliphatic heterocycles. The molecule has 0 spiro atoms. The van der Waals surface area contributed by atoms with Crippen molar-refractivity contribution in [3.63, 3.8) is 0 Å². The standard InChI is InChI=1S/C14H8Cl2N2O2S/c1-20-14(19)8-4-2-7(3-5-8)12-17-11(16)9-6-10(15)21-13(9)18-12/h2-6H,1H3. The van der Waals surface area contributed by atoms with Crippen LogP contribution in [0.4, 0.5) is 0 Å². The summed E-state index contributed by atoms with van der Waals surface area (Å²) in [6, 6.07) is 8.56. The number of carbonyl (C=O) groups is 1. The number of hydrogen-bond donors (Lipinski definition) is 0. The highest BCUT2D eigenvalue weighted by molar-refractivity contribution is 7.22. The molecule has 0 atom stereocenters. The molecule has 0 amide bonds. The second-order valence-corrected chi connectivity index (χ2v) is 6.20. The van der Waals surface area contributed by atoms with Crippen LogP contribution in [0.1, 0.15) is 10.4 Å². The average Bonchev–Trinajstić information content (AvgIpc) is 2.87. The largest absolute Gasteiger partial charge is 0.465 e. The van der Waals surface area contributed by atoms with Crippen LogP contribution in [0.25, 0.3) is 21.6 Å². The van der Waals surface area contributed by atoms with Gasteiger partial charge in [0.05, 0.1) is 22.4 Å². The summed E-state index contributed by atoms with van der Waals surface area (Å²) in [5, 5.41) is 1.09. The van der Waals surface area contributed by atoms with Crippen LogP contribution < -0.4 is 0 Å². The maximum absolute atomic E-state index is 11.4. The summed E-state index contributed by atoms with van der Waals surface area (Å²) in [5.74, 6) is 0.100. The molecule has 0 saturated carbocycles. The van der Waals surface area contributed by atoms with Crippen molar-refractivity contribution in [2.45, 2.75) is 0 Å². The number of thiophene rings is 1. The van der Waals surface area contributed by atoms with Gasteiger partial charge in [-0.2, -0.15) is 0 Å². The Hall–Kier alpha value is -1.69. The van der Waals surface area contributed by atoms with Gasteiger partial charge < -0.3 is 4.74 Å². The van der Waals surface area contributed by atoms with Crippen LogP contribution in [0, 0.1) is 0 Å². The van der Waals surface area contributed by atoms with Crippen molar-refractivity contribution in [3.05, 3.63) is 45.4 Å². The summed E-state index contributed by atoms with van der Waals surface area (Å²) < 4.78 is 5.27. The first kappa shape index (κ1) is 14.3. The molecule has 1 aromatic carbocycles. The molecule has 0 aliphatic rings. The first-order valence-corrected chi connectivity index (χ1v) is 7.47. The number of esters is 1. The van der Waals surface area contributed by atoms with Gasteiger partial charge in [0.1, 0.15) is 9.98 Å². The number of methoxy groups -OCH3 is 1. The van der Waals surface area contributed by atoms with Gasteiger partial charge in [0, 0.05) is 5.56 Å². The molecule has 0 aliphatic carbocycles. The summed E-state index contributed by atoms with van der Waals surface area (Å²) in [6.45, 7) is 0. The molecule has 0 radical (unpaired) electrons. The molecule has 4 nitrogen and oxygen atoms in total. The van der Waals surface area contributed by atoms with Gasteiger partial charge in [-0.1, -0.05) is 35.3 Å². The number of halogens is 2. The molecule has 7 heteroatoms. The van der Waals surface area contributed by atoms with E-state index in [1.54, 1.807) is 30.3 Å². The Morgan fingerprint density at radius 3 is 2.57 bits per heavy atom. The third-order valence-electron chi connectivity index (χ3n) is 2.88. The Labute approximate surface area is 134 Å². The molecule has 3 rings (SSSR count). The minimum Gasteiger partial charge on any atom is -0.465 e. The number of nitrogens with zero attached hydrogens (tertiary/aromatic N) is 2. The molecule has 0 bridgehead atoms. The maximum atomic E-state index is 11.4. The molecular formula is C14H8Cl2N2O2S. The molecule has 2 heterocycles. The molecule has 21 heavy (non-hydrogen) atoms. The van der Waals surface area contributed by atoms with Gasteiger partial charge in [-0.3, -0.25) is 0 Å². The van der Waals surface area contributed by atoms with Crippen molar-refractivity contribution in [2.24, 2.45) is 0 Å². The monoisotopic (exact) mass is 338 g/mol. The van der Waals surface area contributed by atoms with Crippen molar-refractivity contribution in [3.8, 4) is 11.4 Å². The highest BCUT2D eigenvalue weighted by atomic mass is 35.5. The number of fused-ring (bicyclic) bond motifs is 1. The number of benzene rings is 1. The average molecular weight is 339 g/mol. The predicted octanol–water partition coefficient (Wildman–Crippen LogP) is 4.45. The molecule has 0 fully saturated rings. The van der Waals surface area contributed by atoms with E-state index in [1.807, 2.05) is 0 Å². The lowest BCUT2D eigenvalue weighted by atomic mass is 10.1. The molecule has 2 aromatic heterocycles. The number of rotatable bonds is 2. The lowest BCUT2D eigenvalue weighted by Crippen LogP contribution is -2.00. The zero-order valence-corrected chi connectivity index (χ0v) is 13.1. The van der Waals surface area contributed by atoms with Crippen molar-refractivity contribution in [1.29, 1.82) is 0 Å². The van der Waals surface area contributed by atoms with Crippen molar-refractivity contribution in [2.75, 3.05) is 7.11 Å². The molecule has 106 valence electrons. The van der Waals surface area contributed by atoms with E-state index < -0.39 is 0 Å². The van der Waals surface area contributed by atoms with E-state index in [2.05, 4.69) is 14.7 Å².